The average Bonchev–Trinajstić information content (AvgIpc) is 2.94. The molecular formula is C13H8BrNO3. The van der Waals surface area contributed by atoms with E-state index in [0.29, 0.717) is 16.8 Å². The molecule has 2 aromatic heterocycles. The summed E-state index contributed by atoms with van der Waals surface area (Å²) in [5.74, 6) is -0.467. The smallest absolute Gasteiger partial charge is 0.338 e. The van der Waals surface area contributed by atoms with Gasteiger partial charge in [-0.25, -0.2) is 4.79 Å². The fourth-order valence-corrected chi connectivity index (χ4v) is 2.35. The van der Waals surface area contributed by atoms with Crippen molar-refractivity contribution in [1.82, 2.24) is 4.98 Å². The van der Waals surface area contributed by atoms with E-state index in [2.05, 4.69) is 20.9 Å². The number of aromatic amines is 1. The minimum absolute atomic E-state index is 0.223. The summed E-state index contributed by atoms with van der Waals surface area (Å²) in [5.41, 5.74) is 1.48. The van der Waals surface area contributed by atoms with E-state index >= 15 is 0 Å². The van der Waals surface area contributed by atoms with Crippen molar-refractivity contribution < 1.29 is 14.3 Å². The zero-order valence-corrected chi connectivity index (χ0v) is 10.7. The van der Waals surface area contributed by atoms with Crippen molar-refractivity contribution in [2.75, 3.05) is 0 Å². The van der Waals surface area contributed by atoms with Gasteiger partial charge in [0.15, 0.2) is 5.76 Å². The van der Waals surface area contributed by atoms with Crippen molar-refractivity contribution in [3.8, 4) is 11.5 Å². The maximum absolute atomic E-state index is 11.4. The zero-order chi connectivity index (χ0) is 12.7. The number of aromatic nitrogens is 1. The number of carboxylic acid groups (broad SMARTS) is 1. The van der Waals surface area contributed by atoms with Crippen molar-refractivity contribution in [3.63, 3.8) is 0 Å². The first-order valence-electron chi connectivity index (χ1n) is 5.25. The standard InChI is InChI=1S/C13H8BrNO3/c14-7-3-4-9-8(6-7)11(13(16)17)12(15-9)10-2-1-5-18-10/h1-6,15H,(H,16,17). The molecule has 2 heterocycles. The lowest BCUT2D eigenvalue weighted by Gasteiger charge is -1.96. The summed E-state index contributed by atoms with van der Waals surface area (Å²) < 4.78 is 6.10. The molecule has 18 heavy (non-hydrogen) atoms. The second-order valence-electron chi connectivity index (χ2n) is 3.85. The van der Waals surface area contributed by atoms with E-state index in [4.69, 9.17) is 4.42 Å². The number of H-pyrrole nitrogens is 1. The van der Waals surface area contributed by atoms with Crippen molar-refractivity contribution >= 4 is 32.8 Å². The van der Waals surface area contributed by atoms with E-state index in [9.17, 15) is 9.90 Å². The highest BCUT2D eigenvalue weighted by atomic mass is 79.9. The van der Waals surface area contributed by atoms with Crippen LogP contribution in [0, 0.1) is 0 Å². The number of hydrogen-bond donors (Lipinski definition) is 2. The molecule has 3 rings (SSSR count). The number of rotatable bonds is 2. The summed E-state index contributed by atoms with van der Waals surface area (Å²) in [7, 11) is 0. The Bertz CT molecular complexity index is 728. The number of aromatic carboxylic acids is 1. The second-order valence-corrected chi connectivity index (χ2v) is 4.76. The van der Waals surface area contributed by atoms with Crippen LogP contribution in [-0.4, -0.2) is 16.1 Å². The molecule has 0 bridgehead atoms. The van der Waals surface area contributed by atoms with Gasteiger partial charge in [0.05, 0.1) is 17.5 Å². The van der Waals surface area contributed by atoms with E-state index in [1.54, 1.807) is 18.2 Å². The normalized spacial score (nSPS) is 10.9. The van der Waals surface area contributed by atoms with Crippen LogP contribution in [0.5, 0.6) is 0 Å². The molecule has 0 aliphatic carbocycles. The predicted octanol–water partition coefficient (Wildman–Crippen LogP) is 3.89. The van der Waals surface area contributed by atoms with Crippen LogP contribution in [0.1, 0.15) is 10.4 Å². The molecule has 90 valence electrons. The molecule has 0 radical (unpaired) electrons. The lowest BCUT2D eigenvalue weighted by Crippen LogP contribution is -1.97. The number of benzene rings is 1. The van der Waals surface area contributed by atoms with Gasteiger partial charge in [0.2, 0.25) is 0 Å². The Hall–Kier alpha value is -2.01. The minimum atomic E-state index is -0.981. The van der Waals surface area contributed by atoms with E-state index in [1.165, 1.54) is 6.26 Å². The van der Waals surface area contributed by atoms with Gasteiger partial charge in [0, 0.05) is 15.4 Å². The zero-order valence-electron chi connectivity index (χ0n) is 9.11. The Kier molecular flexibility index (Phi) is 2.48. The Morgan fingerprint density at radius 2 is 2.17 bits per heavy atom. The number of fused-ring (bicyclic) bond motifs is 1. The number of nitrogens with one attached hydrogen (secondary N) is 1. The summed E-state index contributed by atoms with van der Waals surface area (Å²) >= 11 is 3.34. The van der Waals surface area contributed by atoms with Gasteiger partial charge < -0.3 is 14.5 Å². The van der Waals surface area contributed by atoms with Gasteiger partial charge in [-0.2, -0.15) is 0 Å². The molecule has 2 N–H and O–H groups in total. The molecule has 0 amide bonds. The van der Waals surface area contributed by atoms with Crippen LogP contribution < -0.4 is 0 Å². The van der Waals surface area contributed by atoms with Gasteiger partial charge >= 0.3 is 5.97 Å². The quantitative estimate of drug-likeness (QED) is 0.755. The van der Waals surface area contributed by atoms with E-state index < -0.39 is 5.97 Å². The minimum Gasteiger partial charge on any atom is -0.478 e. The largest absolute Gasteiger partial charge is 0.478 e. The van der Waals surface area contributed by atoms with Crippen LogP contribution in [-0.2, 0) is 0 Å². The molecule has 0 aliphatic heterocycles. The molecule has 0 saturated carbocycles. The summed E-state index contributed by atoms with van der Waals surface area (Å²) in [6, 6.07) is 8.92. The SMILES string of the molecule is O=C(O)c1c(-c2ccco2)[nH]c2ccc(Br)cc12. The first-order chi connectivity index (χ1) is 8.66. The van der Waals surface area contributed by atoms with Crippen LogP contribution in [0.25, 0.3) is 22.4 Å². The highest BCUT2D eigenvalue weighted by Gasteiger charge is 2.20. The molecular weight excluding hydrogens is 298 g/mol. The van der Waals surface area contributed by atoms with Crippen LogP contribution in [0.3, 0.4) is 0 Å². The van der Waals surface area contributed by atoms with Crippen LogP contribution in [0.15, 0.2) is 45.5 Å². The Morgan fingerprint density at radius 3 is 2.83 bits per heavy atom. The van der Waals surface area contributed by atoms with Gasteiger partial charge in [-0.15, -0.1) is 0 Å². The van der Waals surface area contributed by atoms with Crippen molar-refractivity contribution in [2.24, 2.45) is 0 Å². The van der Waals surface area contributed by atoms with E-state index in [-0.39, 0.29) is 5.56 Å². The summed E-state index contributed by atoms with van der Waals surface area (Å²) in [5, 5.41) is 10.0. The molecule has 4 nitrogen and oxygen atoms in total. The maximum Gasteiger partial charge on any atom is 0.338 e. The van der Waals surface area contributed by atoms with Gasteiger partial charge in [-0.05, 0) is 30.3 Å². The first kappa shape index (κ1) is 11.1. The number of furan rings is 1. The third-order valence-corrected chi connectivity index (χ3v) is 3.24. The van der Waals surface area contributed by atoms with Crippen molar-refractivity contribution in [3.05, 3.63) is 46.6 Å². The summed E-state index contributed by atoms with van der Waals surface area (Å²) in [6.45, 7) is 0. The third kappa shape index (κ3) is 1.64. The van der Waals surface area contributed by atoms with Gasteiger partial charge in [-0.1, -0.05) is 15.9 Å². The molecule has 3 aromatic rings. The maximum atomic E-state index is 11.4. The van der Waals surface area contributed by atoms with Crippen molar-refractivity contribution in [2.45, 2.75) is 0 Å². The topological polar surface area (TPSA) is 66.2 Å². The van der Waals surface area contributed by atoms with E-state index in [1.807, 2.05) is 12.1 Å². The highest BCUT2D eigenvalue weighted by molar-refractivity contribution is 9.10. The van der Waals surface area contributed by atoms with Gasteiger partial charge in [-0.3, -0.25) is 0 Å². The number of carboxylic acids is 1. The number of hydrogen-bond acceptors (Lipinski definition) is 2. The average molecular weight is 306 g/mol. The van der Waals surface area contributed by atoms with Crippen LogP contribution in [0.2, 0.25) is 0 Å². The van der Waals surface area contributed by atoms with Gasteiger partial charge in [0.1, 0.15) is 0 Å². The lowest BCUT2D eigenvalue weighted by molar-refractivity contribution is 0.0699. The Labute approximate surface area is 110 Å². The third-order valence-electron chi connectivity index (χ3n) is 2.74. The molecule has 1 aromatic carbocycles. The van der Waals surface area contributed by atoms with E-state index in [0.717, 1.165) is 9.99 Å². The molecule has 0 atom stereocenters. The Morgan fingerprint density at radius 1 is 1.33 bits per heavy atom. The lowest BCUT2D eigenvalue weighted by atomic mass is 10.1. The van der Waals surface area contributed by atoms with Crippen LogP contribution in [0.4, 0.5) is 0 Å². The molecule has 0 spiro atoms. The second kappa shape index (κ2) is 4.03. The summed E-state index contributed by atoms with van der Waals surface area (Å²) in [6.07, 6.45) is 1.52. The molecule has 0 aliphatic rings. The monoisotopic (exact) mass is 305 g/mol. The molecule has 0 unspecified atom stereocenters. The summed E-state index contributed by atoms with van der Waals surface area (Å²) in [4.78, 5) is 14.5. The molecule has 0 saturated heterocycles. The van der Waals surface area contributed by atoms with Crippen LogP contribution >= 0.6 is 15.9 Å². The fraction of sp³-hybridized carbons (Fsp3) is 0. The predicted molar refractivity (Wildman–Crippen MR) is 70.7 cm³/mol. The van der Waals surface area contributed by atoms with Crippen molar-refractivity contribution in [1.29, 1.82) is 0 Å². The van der Waals surface area contributed by atoms with Gasteiger partial charge in [0.25, 0.3) is 0 Å². The fourth-order valence-electron chi connectivity index (χ4n) is 1.99. The first-order valence-corrected chi connectivity index (χ1v) is 6.04. The molecule has 5 heteroatoms. The molecule has 0 fully saturated rings. The highest BCUT2D eigenvalue weighted by Crippen LogP contribution is 2.32. The number of halogens is 1. The number of carbonyl (C=O) groups is 1. The Balaban J connectivity index is 2.38.